The number of hydrogen-bond donors (Lipinski definition) is 1. The number of nitrogens with zero attached hydrogens (tertiary/aromatic N) is 3. The van der Waals surface area contributed by atoms with Gasteiger partial charge in [-0.1, -0.05) is 26.0 Å². The first-order valence-corrected chi connectivity index (χ1v) is 6.77. The fourth-order valence-corrected chi connectivity index (χ4v) is 2.97. The second-order valence-electron chi connectivity index (χ2n) is 5.71. The molecule has 1 fully saturated rings. The minimum atomic E-state index is 0.0298. The Hall–Kier alpha value is -0.900. The van der Waals surface area contributed by atoms with Crippen LogP contribution in [-0.2, 0) is 0 Å². The van der Waals surface area contributed by atoms with Gasteiger partial charge in [0.25, 0.3) is 0 Å². The molecule has 0 saturated heterocycles. The van der Waals surface area contributed by atoms with Crippen LogP contribution in [0.2, 0.25) is 0 Å². The lowest BCUT2D eigenvalue weighted by molar-refractivity contribution is 0.208. The Balaban J connectivity index is 2.09. The lowest BCUT2D eigenvalue weighted by atomic mass is 9.80. The van der Waals surface area contributed by atoms with E-state index >= 15 is 0 Å². The van der Waals surface area contributed by atoms with E-state index in [0.29, 0.717) is 6.04 Å². The van der Waals surface area contributed by atoms with Gasteiger partial charge in [0.15, 0.2) is 0 Å². The Morgan fingerprint density at radius 3 is 2.59 bits per heavy atom. The third kappa shape index (κ3) is 2.86. The Kier molecular flexibility index (Phi) is 3.82. The van der Waals surface area contributed by atoms with Gasteiger partial charge in [-0.05, 0) is 37.5 Å². The summed E-state index contributed by atoms with van der Waals surface area (Å²) in [6.45, 7) is 6.74. The largest absolute Gasteiger partial charge is 0.323 e. The van der Waals surface area contributed by atoms with Crippen LogP contribution in [0.25, 0.3) is 0 Å². The summed E-state index contributed by atoms with van der Waals surface area (Å²) in [5.41, 5.74) is 6.90. The summed E-state index contributed by atoms with van der Waals surface area (Å²) in [5, 5.41) is 8.46. The second-order valence-corrected chi connectivity index (χ2v) is 5.71. The average Bonchev–Trinajstić information content (AvgIpc) is 2.76. The second kappa shape index (κ2) is 5.17. The van der Waals surface area contributed by atoms with Crippen molar-refractivity contribution in [1.82, 2.24) is 15.0 Å². The van der Waals surface area contributed by atoms with E-state index in [1.807, 2.05) is 10.9 Å². The maximum Gasteiger partial charge on any atom is 0.0994 e. The zero-order valence-corrected chi connectivity index (χ0v) is 11.1. The van der Waals surface area contributed by atoms with Crippen LogP contribution in [0.3, 0.4) is 0 Å². The van der Waals surface area contributed by atoms with Gasteiger partial charge in [0.2, 0.25) is 0 Å². The third-order valence-corrected chi connectivity index (χ3v) is 3.88. The van der Waals surface area contributed by atoms with Gasteiger partial charge in [-0.25, -0.2) is 4.68 Å². The molecule has 1 aliphatic carbocycles. The van der Waals surface area contributed by atoms with Gasteiger partial charge < -0.3 is 5.73 Å². The summed E-state index contributed by atoms with van der Waals surface area (Å²) in [6, 6.07) is 0.543. The minimum Gasteiger partial charge on any atom is -0.323 e. The minimum absolute atomic E-state index is 0.0298. The predicted octanol–water partition coefficient (Wildman–Crippen LogP) is 2.69. The molecule has 1 heterocycles. The summed E-state index contributed by atoms with van der Waals surface area (Å²) in [7, 11) is 0. The zero-order chi connectivity index (χ0) is 12.4. The monoisotopic (exact) mass is 236 g/mol. The average molecular weight is 236 g/mol. The molecular formula is C13H24N4. The van der Waals surface area contributed by atoms with Crippen molar-refractivity contribution in [3.63, 3.8) is 0 Å². The molecule has 1 saturated carbocycles. The molecule has 1 aromatic rings. The quantitative estimate of drug-likeness (QED) is 0.877. The van der Waals surface area contributed by atoms with Crippen LogP contribution in [0.1, 0.15) is 64.2 Å². The fraction of sp³-hybridized carbons (Fsp3) is 0.846. The molecular weight excluding hydrogens is 212 g/mol. The normalized spacial score (nSPS) is 31.4. The molecule has 0 aliphatic heterocycles. The van der Waals surface area contributed by atoms with Gasteiger partial charge in [-0.15, -0.1) is 5.10 Å². The summed E-state index contributed by atoms with van der Waals surface area (Å²) >= 11 is 0. The van der Waals surface area contributed by atoms with E-state index in [2.05, 4.69) is 31.1 Å². The first kappa shape index (κ1) is 12.6. The van der Waals surface area contributed by atoms with E-state index in [-0.39, 0.29) is 6.04 Å². The van der Waals surface area contributed by atoms with Crippen molar-refractivity contribution in [2.24, 2.45) is 17.6 Å². The van der Waals surface area contributed by atoms with E-state index in [1.165, 1.54) is 19.3 Å². The van der Waals surface area contributed by atoms with Gasteiger partial charge in [0, 0.05) is 0 Å². The van der Waals surface area contributed by atoms with Gasteiger partial charge in [-0.2, -0.15) is 0 Å². The van der Waals surface area contributed by atoms with Crippen molar-refractivity contribution in [3.05, 3.63) is 11.9 Å². The van der Waals surface area contributed by atoms with E-state index in [0.717, 1.165) is 24.0 Å². The third-order valence-electron chi connectivity index (χ3n) is 3.88. The summed E-state index contributed by atoms with van der Waals surface area (Å²) in [4.78, 5) is 0. The van der Waals surface area contributed by atoms with Gasteiger partial charge in [-0.3, -0.25) is 0 Å². The molecule has 1 aliphatic rings. The molecule has 2 N–H and O–H groups in total. The van der Waals surface area contributed by atoms with Crippen molar-refractivity contribution in [1.29, 1.82) is 0 Å². The van der Waals surface area contributed by atoms with Crippen molar-refractivity contribution < 1.29 is 0 Å². The molecule has 0 spiro atoms. The molecule has 3 atom stereocenters. The van der Waals surface area contributed by atoms with Crippen LogP contribution in [0, 0.1) is 11.8 Å². The van der Waals surface area contributed by atoms with E-state index in [1.54, 1.807) is 0 Å². The molecule has 0 bridgehead atoms. The smallest absolute Gasteiger partial charge is 0.0994 e. The predicted molar refractivity (Wildman–Crippen MR) is 68.5 cm³/mol. The fourth-order valence-electron chi connectivity index (χ4n) is 2.97. The maximum atomic E-state index is 5.98. The zero-order valence-electron chi connectivity index (χ0n) is 11.1. The highest BCUT2D eigenvalue weighted by Crippen LogP contribution is 2.35. The molecule has 96 valence electrons. The molecule has 0 aromatic carbocycles. The molecule has 0 radical (unpaired) electrons. The molecule has 4 heteroatoms. The topological polar surface area (TPSA) is 56.7 Å². The van der Waals surface area contributed by atoms with Crippen molar-refractivity contribution in [2.75, 3.05) is 0 Å². The summed E-state index contributed by atoms with van der Waals surface area (Å²) < 4.78 is 2.04. The highest BCUT2D eigenvalue weighted by Gasteiger charge is 2.26. The Bertz CT molecular complexity index is 350. The van der Waals surface area contributed by atoms with Crippen LogP contribution < -0.4 is 5.73 Å². The number of rotatable bonds is 3. The standard InChI is InChI=1S/C13H24N4/c1-4-12(14)13-8-17(16-15-13)11-6-9(2)5-10(3)7-11/h8-12H,4-7,14H2,1-3H3. The van der Waals surface area contributed by atoms with Crippen LogP contribution in [-0.4, -0.2) is 15.0 Å². The first-order valence-electron chi connectivity index (χ1n) is 6.77. The lowest BCUT2D eigenvalue weighted by Crippen LogP contribution is -2.23. The van der Waals surface area contributed by atoms with Crippen LogP contribution in [0.15, 0.2) is 6.20 Å². The number of hydrogen-bond acceptors (Lipinski definition) is 3. The van der Waals surface area contributed by atoms with Crippen LogP contribution in [0.4, 0.5) is 0 Å². The molecule has 2 rings (SSSR count). The van der Waals surface area contributed by atoms with Gasteiger partial charge >= 0.3 is 0 Å². The van der Waals surface area contributed by atoms with Gasteiger partial charge in [0.1, 0.15) is 0 Å². The summed E-state index contributed by atoms with van der Waals surface area (Å²) in [5.74, 6) is 1.58. The number of nitrogens with two attached hydrogens (primary N) is 1. The van der Waals surface area contributed by atoms with Gasteiger partial charge in [0.05, 0.1) is 24.0 Å². The Morgan fingerprint density at radius 1 is 1.35 bits per heavy atom. The SMILES string of the molecule is CCC(N)c1cn(C2CC(C)CC(C)C2)nn1. The first-order chi connectivity index (χ1) is 8.10. The maximum absolute atomic E-state index is 5.98. The molecule has 0 amide bonds. The van der Waals surface area contributed by atoms with Crippen molar-refractivity contribution >= 4 is 0 Å². The number of aromatic nitrogens is 3. The molecule has 1 aromatic heterocycles. The van der Waals surface area contributed by atoms with Crippen LogP contribution >= 0.6 is 0 Å². The summed E-state index contributed by atoms with van der Waals surface area (Å²) in [6.07, 6.45) is 6.73. The van der Waals surface area contributed by atoms with Crippen LogP contribution in [0.5, 0.6) is 0 Å². The highest BCUT2D eigenvalue weighted by molar-refractivity contribution is 5.00. The van der Waals surface area contributed by atoms with E-state index < -0.39 is 0 Å². The lowest BCUT2D eigenvalue weighted by Gasteiger charge is -2.31. The van der Waals surface area contributed by atoms with Crippen molar-refractivity contribution in [2.45, 2.75) is 58.5 Å². The Labute approximate surface area is 104 Å². The molecule has 4 nitrogen and oxygen atoms in total. The molecule has 3 unspecified atom stereocenters. The van der Waals surface area contributed by atoms with E-state index in [4.69, 9.17) is 5.73 Å². The molecule has 17 heavy (non-hydrogen) atoms. The van der Waals surface area contributed by atoms with E-state index in [9.17, 15) is 0 Å². The van der Waals surface area contributed by atoms with Crippen molar-refractivity contribution in [3.8, 4) is 0 Å². The highest BCUT2D eigenvalue weighted by atomic mass is 15.4. The Morgan fingerprint density at radius 2 is 2.00 bits per heavy atom.